The molecule has 1 heterocycles. The number of H-pyrrole nitrogens is 1. The first-order valence-electron chi connectivity index (χ1n) is 5.16. The number of hydrogen-bond acceptors (Lipinski definition) is 4. The first-order chi connectivity index (χ1) is 8.09. The van der Waals surface area contributed by atoms with Gasteiger partial charge in [-0.25, -0.2) is 9.89 Å². The lowest BCUT2D eigenvalue weighted by Gasteiger charge is -2.10. The van der Waals surface area contributed by atoms with E-state index >= 15 is 0 Å². The summed E-state index contributed by atoms with van der Waals surface area (Å²) >= 11 is 1.35. The third-order valence-corrected chi connectivity index (χ3v) is 3.55. The second-order valence-corrected chi connectivity index (χ2v) is 4.70. The van der Waals surface area contributed by atoms with Gasteiger partial charge in [-0.3, -0.25) is 4.57 Å². The van der Waals surface area contributed by atoms with E-state index in [-0.39, 0.29) is 5.69 Å². The molecule has 1 aromatic heterocycles. The summed E-state index contributed by atoms with van der Waals surface area (Å²) in [6, 6.07) is 7.51. The van der Waals surface area contributed by atoms with Crippen LogP contribution in [-0.4, -0.2) is 19.9 Å². The fraction of sp³-hybridized carbons (Fsp3) is 0.273. The highest BCUT2D eigenvalue weighted by Crippen LogP contribution is 2.31. The Morgan fingerprint density at radius 1 is 1.47 bits per heavy atom. The summed E-state index contributed by atoms with van der Waals surface area (Å²) < 4.78 is 1.43. The van der Waals surface area contributed by atoms with Gasteiger partial charge in [0.1, 0.15) is 0 Å². The molecule has 0 saturated carbocycles. The molecule has 0 unspecified atom stereocenters. The monoisotopic (exact) mass is 251 g/mol. The van der Waals surface area contributed by atoms with Crippen LogP contribution in [0.2, 0.25) is 0 Å². The van der Waals surface area contributed by atoms with Crippen LogP contribution >= 0.6 is 11.8 Å². The van der Waals surface area contributed by atoms with Gasteiger partial charge >= 0.3 is 5.69 Å². The number of nitrogens with one attached hydrogen (secondary N) is 1. The first-order valence-corrected chi connectivity index (χ1v) is 5.97. The zero-order valence-electron chi connectivity index (χ0n) is 9.54. The second-order valence-electron chi connectivity index (χ2n) is 3.69. The molecule has 0 aliphatic carbocycles. The second kappa shape index (κ2) is 4.77. The van der Waals surface area contributed by atoms with Gasteiger partial charge in [0.2, 0.25) is 0 Å². The first kappa shape index (κ1) is 11.9. The van der Waals surface area contributed by atoms with Crippen LogP contribution < -0.4 is 5.69 Å². The van der Waals surface area contributed by atoms with Gasteiger partial charge in [-0.05, 0) is 30.3 Å². The van der Waals surface area contributed by atoms with Crippen molar-refractivity contribution in [1.29, 1.82) is 0 Å². The quantitative estimate of drug-likeness (QED) is 0.863. The topological polar surface area (TPSA) is 70.9 Å². The lowest BCUT2D eigenvalue weighted by molar-refractivity contribution is 0.196. The van der Waals surface area contributed by atoms with Crippen LogP contribution in [0.15, 0.2) is 39.1 Å². The van der Waals surface area contributed by atoms with Gasteiger partial charge in [0.05, 0.1) is 6.10 Å². The Balaban J connectivity index is 2.36. The van der Waals surface area contributed by atoms with Crippen molar-refractivity contribution in [3.8, 4) is 0 Å². The van der Waals surface area contributed by atoms with Crippen LogP contribution in [-0.2, 0) is 7.05 Å². The highest BCUT2D eigenvalue weighted by molar-refractivity contribution is 7.99. The van der Waals surface area contributed by atoms with Crippen molar-refractivity contribution < 1.29 is 5.11 Å². The van der Waals surface area contributed by atoms with Crippen molar-refractivity contribution in [2.75, 3.05) is 0 Å². The van der Waals surface area contributed by atoms with Crippen molar-refractivity contribution >= 4 is 11.8 Å². The summed E-state index contributed by atoms with van der Waals surface area (Å²) in [6.45, 7) is 1.71. The van der Waals surface area contributed by atoms with Crippen LogP contribution in [0.4, 0.5) is 0 Å². The van der Waals surface area contributed by atoms with Crippen LogP contribution in [0.5, 0.6) is 0 Å². The van der Waals surface area contributed by atoms with E-state index in [0.717, 1.165) is 10.5 Å². The molecule has 0 aliphatic rings. The van der Waals surface area contributed by atoms with Gasteiger partial charge < -0.3 is 5.11 Å². The van der Waals surface area contributed by atoms with E-state index < -0.39 is 6.10 Å². The molecule has 90 valence electrons. The lowest BCUT2D eigenvalue weighted by atomic mass is 10.1. The molecule has 2 aromatic rings. The highest BCUT2D eigenvalue weighted by Gasteiger charge is 2.12. The number of hydrogen-bond donors (Lipinski definition) is 2. The van der Waals surface area contributed by atoms with Crippen LogP contribution in [0.1, 0.15) is 18.6 Å². The van der Waals surface area contributed by atoms with E-state index in [1.807, 2.05) is 24.3 Å². The Labute approximate surface area is 102 Å². The normalized spacial score (nSPS) is 12.6. The average molecular weight is 251 g/mol. The molecule has 17 heavy (non-hydrogen) atoms. The summed E-state index contributed by atoms with van der Waals surface area (Å²) in [6.07, 6.45) is -0.547. The summed E-state index contributed by atoms with van der Waals surface area (Å²) in [4.78, 5) is 12.1. The SMILES string of the molecule is C[C@H](O)c1ccccc1Sc1n[nH]c(=O)n1C. The van der Waals surface area contributed by atoms with E-state index in [9.17, 15) is 9.90 Å². The maximum absolute atomic E-state index is 11.2. The summed E-state index contributed by atoms with van der Waals surface area (Å²) in [7, 11) is 1.65. The Hall–Kier alpha value is -1.53. The minimum absolute atomic E-state index is 0.248. The number of rotatable bonds is 3. The molecule has 6 heteroatoms. The predicted molar refractivity (Wildman–Crippen MR) is 65.0 cm³/mol. The molecule has 0 amide bonds. The lowest BCUT2D eigenvalue weighted by Crippen LogP contribution is -2.12. The van der Waals surface area contributed by atoms with E-state index in [1.165, 1.54) is 16.3 Å². The van der Waals surface area contributed by atoms with Crippen molar-refractivity contribution in [2.45, 2.75) is 23.1 Å². The molecule has 0 saturated heterocycles. The fourth-order valence-electron chi connectivity index (χ4n) is 1.44. The van der Waals surface area contributed by atoms with Gasteiger partial charge in [-0.1, -0.05) is 18.2 Å². The molecule has 0 aliphatic heterocycles. The van der Waals surface area contributed by atoms with Crippen molar-refractivity contribution in [3.63, 3.8) is 0 Å². The Bertz CT molecular complexity index is 574. The van der Waals surface area contributed by atoms with E-state index in [4.69, 9.17) is 0 Å². The molecule has 2 rings (SSSR count). The molecular weight excluding hydrogens is 238 g/mol. The minimum Gasteiger partial charge on any atom is -0.389 e. The molecule has 0 spiro atoms. The van der Waals surface area contributed by atoms with E-state index in [2.05, 4.69) is 10.2 Å². The summed E-state index contributed by atoms with van der Waals surface area (Å²) in [5.74, 6) is 0. The van der Waals surface area contributed by atoms with Crippen LogP contribution in [0, 0.1) is 0 Å². The van der Waals surface area contributed by atoms with Crippen LogP contribution in [0.25, 0.3) is 0 Å². The molecule has 5 nitrogen and oxygen atoms in total. The molecule has 0 radical (unpaired) electrons. The third kappa shape index (κ3) is 2.42. The fourth-order valence-corrected chi connectivity index (χ4v) is 2.45. The zero-order chi connectivity index (χ0) is 12.4. The predicted octanol–water partition coefficient (Wildman–Crippen LogP) is 1.31. The van der Waals surface area contributed by atoms with Crippen LogP contribution in [0.3, 0.4) is 0 Å². The van der Waals surface area contributed by atoms with Gasteiger partial charge in [-0.2, -0.15) is 0 Å². The molecule has 2 N–H and O–H groups in total. The maximum Gasteiger partial charge on any atom is 0.343 e. The molecule has 1 aromatic carbocycles. The van der Waals surface area contributed by atoms with Crippen molar-refractivity contribution in [2.24, 2.45) is 7.05 Å². The average Bonchev–Trinajstić information content (AvgIpc) is 2.61. The minimum atomic E-state index is -0.547. The number of aliphatic hydroxyl groups excluding tert-OH is 1. The van der Waals surface area contributed by atoms with Gasteiger partial charge in [0.25, 0.3) is 0 Å². The maximum atomic E-state index is 11.2. The Morgan fingerprint density at radius 2 is 2.18 bits per heavy atom. The molecule has 0 fully saturated rings. The summed E-state index contributed by atoms with van der Waals surface area (Å²) in [5, 5.41) is 16.5. The Morgan fingerprint density at radius 3 is 2.76 bits per heavy atom. The number of aromatic amines is 1. The van der Waals surface area contributed by atoms with Crippen molar-refractivity contribution in [1.82, 2.24) is 14.8 Å². The summed E-state index contributed by atoms with van der Waals surface area (Å²) in [5.41, 5.74) is 0.579. The third-order valence-electron chi connectivity index (χ3n) is 2.41. The standard InChI is InChI=1S/C11H13N3O2S/c1-7(15)8-5-3-4-6-9(8)17-11-13-12-10(16)14(11)2/h3-7,15H,1-2H3,(H,12,16)/t7-/m0/s1. The van der Waals surface area contributed by atoms with Gasteiger partial charge in [-0.15, -0.1) is 5.10 Å². The van der Waals surface area contributed by atoms with Crippen molar-refractivity contribution in [3.05, 3.63) is 40.3 Å². The number of aromatic nitrogens is 3. The number of benzene rings is 1. The molecule has 1 atom stereocenters. The zero-order valence-corrected chi connectivity index (χ0v) is 10.4. The van der Waals surface area contributed by atoms with E-state index in [0.29, 0.717) is 5.16 Å². The number of nitrogens with zero attached hydrogens (tertiary/aromatic N) is 2. The van der Waals surface area contributed by atoms with Gasteiger partial charge in [0, 0.05) is 11.9 Å². The molecule has 0 bridgehead atoms. The smallest absolute Gasteiger partial charge is 0.343 e. The van der Waals surface area contributed by atoms with E-state index in [1.54, 1.807) is 14.0 Å². The van der Waals surface area contributed by atoms with Gasteiger partial charge in [0.15, 0.2) is 5.16 Å². The molecular formula is C11H13N3O2S. The Kier molecular flexibility index (Phi) is 3.35. The largest absolute Gasteiger partial charge is 0.389 e. The number of aliphatic hydroxyl groups is 1. The highest BCUT2D eigenvalue weighted by atomic mass is 32.2.